The Morgan fingerprint density at radius 2 is 2.23 bits per heavy atom. The third-order valence-electron chi connectivity index (χ3n) is 4.56. The molecule has 2 aromatic rings. The Morgan fingerprint density at radius 1 is 1.42 bits per heavy atom. The highest BCUT2D eigenvalue weighted by Crippen LogP contribution is 2.40. The van der Waals surface area contributed by atoms with Gasteiger partial charge in [-0.15, -0.1) is 0 Å². The number of aromatic nitrogens is 2. The maximum atomic E-state index is 12.6. The number of ether oxygens (including phenoxy) is 2. The van der Waals surface area contributed by atoms with Crippen LogP contribution in [-0.2, 0) is 11.3 Å². The fraction of sp³-hybridized carbons (Fsp3) is 0.474. The molecule has 0 aliphatic carbocycles. The molecular weight excluding hydrogens is 398 g/mol. The predicted octanol–water partition coefficient (Wildman–Crippen LogP) is 4.80. The zero-order valence-electron chi connectivity index (χ0n) is 15.1. The van der Waals surface area contributed by atoms with E-state index in [0.29, 0.717) is 13.2 Å². The van der Waals surface area contributed by atoms with Crippen molar-refractivity contribution >= 4 is 22.0 Å². The van der Waals surface area contributed by atoms with Gasteiger partial charge in [0.1, 0.15) is 23.8 Å². The van der Waals surface area contributed by atoms with Gasteiger partial charge in [0.05, 0.1) is 17.4 Å². The number of likely N-dealkylation sites (tertiary alicyclic amines) is 1. The second-order valence-electron chi connectivity index (χ2n) is 7.71. The van der Waals surface area contributed by atoms with Crippen molar-refractivity contribution in [2.75, 3.05) is 6.54 Å². The lowest BCUT2D eigenvalue weighted by Crippen LogP contribution is -2.36. The molecular formula is C19H22BrN3O3. The van der Waals surface area contributed by atoms with E-state index < -0.39 is 5.60 Å². The van der Waals surface area contributed by atoms with Crippen LogP contribution in [0.4, 0.5) is 4.79 Å². The van der Waals surface area contributed by atoms with E-state index in [1.54, 1.807) is 4.90 Å². The molecule has 0 bridgehead atoms. The highest BCUT2D eigenvalue weighted by atomic mass is 79.9. The number of amides is 1. The van der Waals surface area contributed by atoms with Gasteiger partial charge in [-0.3, -0.25) is 4.90 Å². The molecule has 2 aliphatic heterocycles. The number of rotatable bonds is 1. The molecule has 138 valence electrons. The van der Waals surface area contributed by atoms with Gasteiger partial charge < -0.3 is 14.5 Å². The van der Waals surface area contributed by atoms with E-state index in [9.17, 15) is 4.79 Å². The van der Waals surface area contributed by atoms with Gasteiger partial charge in [0.25, 0.3) is 0 Å². The van der Waals surface area contributed by atoms with Gasteiger partial charge in [0.2, 0.25) is 0 Å². The molecule has 1 aromatic carbocycles. The molecule has 0 saturated carbocycles. The van der Waals surface area contributed by atoms with Crippen molar-refractivity contribution in [2.24, 2.45) is 0 Å². The van der Waals surface area contributed by atoms with Crippen molar-refractivity contribution in [3.63, 3.8) is 0 Å². The summed E-state index contributed by atoms with van der Waals surface area (Å²) in [5, 5.41) is 0. The van der Waals surface area contributed by atoms with E-state index >= 15 is 0 Å². The van der Waals surface area contributed by atoms with Gasteiger partial charge in [0.15, 0.2) is 0 Å². The molecule has 6 nitrogen and oxygen atoms in total. The highest BCUT2D eigenvalue weighted by molar-refractivity contribution is 9.10. The molecule has 1 atom stereocenters. The minimum absolute atomic E-state index is 0.0886. The lowest BCUT2D eigenvalue weighted by atomic mass is 10.1. The molecule has 1 aromatic heterocycles. The lowest BCUT2D eigenvalue weighted by molar-refractivity contribution is 0.0218. The van der Waals surface area contributed by atoms with Crippen molar-refractivity contribution in [1.29, 1.82) is 0 Å². The largest absolute Gasteiger partial charge is 0.487 e. The van der Waals surface area contributed by atoms with Crippen molar-refractivity contribution in [3.8, 4) is 17.0 Å². The van der Waals surface area contributed by atoms with Gasteiger partial charge in [-0.25, -0.2) is 9.78 Å². The molecule has 0 spiro atoms. The predicted molar refractivity (Wildman–Crippen MR) is 101 cm³/mol. The minimum Gasteiger partial charge on any atom is -0.487 e. The van der Waals surface area contributed by atoms with Crippen molar-refractivity contribution in [3.05, 3.63) is 34.2 Å². The third kappa shape index (κ3) is 3.20. The number of carbonyl (C=O) groups excluding carboxylic acids is 1. The van der Waals surface area contributed by atoms with E-state index in [1.807, 2.05) is 39.0 Å². The number of hydrogen-bond donors (Lipinski definition) is 1. The molecule has 1 N–H and O–H groups in total. The highest BCUT2D eigenvalue weighted by Gasteiger charge is 2.36. The Labute approximate surface area is 161 Å². The van der Waals surface area contributed by atoms with Crippen LogP contribution in [0.2, 0.25) is 0 Å². The first kappa shape index (κ1) is 17.4. The standard InChI is InChI=1S/C19H22BrN3O3/c1-19(2,3)26-18(24)23-8-4-5-14(23)17-21-13-10-25-15-9-11(20)6-7-12(15)16(13)22-17/h6-7,9,14H,4-5,8,10H2,1-3H3,(H,21,22)/t14-/m0/s1. The van der Waals surface area contributed by atoms with Gasteiger partial charge in [-0.05, 0) is 51.8 Å². The number of imidazole rings is 1. The van der Waals surface area contributed by atoms with E-state index in [1.165, 1.54) is 0 Å². The first-order valence-electron chi connectivity index (χ1n) is 8.83. The zero-order chi connectivity index (χ0) is 18.5. The molecule has 0 unspecified atom stereocenters. The number of nitrogens with zero attached hydrogens (tertiary/aromatic N) is 2. The molecule has 0 radical (unpaired) electrons. The number of carbonyl (C=O) groups is 1. The normalized spacial score (nSPS) is 18.9. The Hall–Kier alpha value is -2.02. The van der Waals surface area contributed by atoms with Gasteiger partial charge in [0, 0.05) is 16.6 Å². The second-order valence-corrected chi connectivity index (χ2v) is 8.63. The maximum Gasteiger partial charge on any atom is 0.410 e. The Bertz CT molecular complexity index is 856. The Balaban J connectivity index is 1.63. The van der Waals surface area contributed by atoms with E-state index in [4.69, 9.17) is 14.5 Å². The quantitative estimate of drug-likeness (QED) is 0.720. The van der Waals surface area contributed by atoms with Crippen LogP contribution in [0.1, 0.15) is 51.2 Å². The van der Waals surface area contributed by atoms with Crippen LogP contribution in [0, 0.1) is 0 Å². The minimum atomic E-state index is -0.507. The molecule has 1 amide bonds. The topological polar surface area (TPSA) is 67.5 Å². The summed E-state index contributed by atoms with van der Waals surface area (Å²) in [6.45, 7) is 6.78. The summed E-state index contributed by atoms with van der Waals surface area (Å²) in [5.41, 5.74) is 2.32. The number of fused-ring (bicyclic) bond motifs is 3. The molecule has 1 fully saturated rings. The van der Waals surface area contributed by atoms with E-state index in [2.05, 4.69) is 20.9 Å². The summed E-state index contributed by atoms with van der Waals surface area (Å²) in [7, 11) is 0. The monoisotopic (exact) mass is 419 g/mol. The first-order valence-corrected chi connectivity index (χ1v) is 9.62. The summed E-state index contributed by atoms with van der Waals surface area (Å²) in [6.07, 6.45) is 1.53. The zero-order valence-corrected chi connectivity index (χ0v) is 16.7. The number of benzene rings is 1. The van der Waals surface area contributed by atoms with Crippen LogP contribution >= 0.6 is 15.9 Å². The number of hydrogen-bond acceptors (Lipinski definition) is 4. The Morgan fingerprint density at radius 3 is 3.00 bits per heavy atom. The van der Waals surface area contributed by atoms with Crippen LogP contribution in [0.25, 0.3) is 11.3 Å². The van der Waals surface area contributed by atoms with Gasteiger partial charge >= 0.3 is 6.09 Å². The maximum absolute atomic E-state index is 12.6. The molecule has 2 aliphatic rings. The molecule has 26 heavy (non-hydrogen) atoms. The summed E-state index contributed by atoms with van der Waals surface area (Å²) >= 11 is 3.47. The van der Waals surface area contributed by atoms with Gasteiger partial charge in [-0.1, -0.05) is 15.9 Å². The fourth-order valence-corrected chi connectivity index (χ4v) is 3.81. The van der Waals surface area contributed by atoms with E-state index in [-0.39, 0.29) is 12.1 Å². The number of aromatic amines is 1. The Kier molecular flexibility index (Phi) is 4.22. The number of halogens is 1. The van der Waals surface area contributed by atoms with Crippen molar-refractivity contribution in [1.82, 2.24) is 14.9 Å². The number of nitrogens with one attached hydrogen (secondary N) is 1. The summed E-state index contributed by atoms with van der Waals surface area (Å²) < 4.78 is 12.4. The van der Waals surface area contributed by atoms with E-state index in [0.717, 1.165) is 45.8 Å². The SMILES string of the molecule is CC(C)(C)OC(=O)N1CCC[C@H]1c1nc2c([nH]1)COc1cc(Br)ccc1-2. The summed E-state index contributed by atoms with van der Waals surface area (Å²) in [5.74, 6) is 1.62. The van der Waals surface area contributed by atoms with Crippen LogP contribution in [-0.4, -0.2) is 33.1 Å². The van der Waals surface area contributed by atoms with Crippen LogP contribution < -0.4 is 4.74 Å². The third-order valence-corrected chi connectivity index (χ3v) is 5.06. The van der Waals surface area contributed by atoms with Crippen molar-refractivity contribution in [2.45, 2.75) is 51.9 Å². The molecule has 1 saturated heterocycles. The number of H-pyrrole nitrogens is 1. The van der Waals surface area contributed by atoms with Gasteiger partial charge in [-0.2, -0.15) is 0 Å². The molecule has 4 rings (SSSR count). The van der Waals surface area contributed by atoms with Crippen LogP contribution in [0.5, 0.6) is 5.75 Å². The van der Waals surface area contributed by atoms with Crippen molar-refractivity contribution < 1.29 is 14.3 Å². The first-order chi connectivity index (χ1) is 12.3. The average molecular weight is 420 g/mol. The van der Waals surface area contributed by atoms with Crippen LogP contribution in [0.15, 0.2) is 22.7 Å². The fourth-order valence-electron chi connectivity index (χ4n) is 3.47. The molecule has 7 heteroatoms. The lowest BCUT2D eigenvalue weighted by Gasteiger charge is -2.27. The average Bonchev–Trinajstić information content (AvgIpc) is 3.19. The molecule has 3 heterocycles. The smallest absolute Gasteiger partial charge is 0.410 e. The summed E-state index contributed by atoms with van der Waals surface area (Å²) in [6, 6.07) is 5.85. The van der Waals surface area contributed by atoms with Crippen LogP contribution in [0.3, 0.4) is 0 Å². The second kappa shape index (κ2) is 6.30. The summed E-state index contributed by atoms with van der Waals surface area (Å²) in [4.78, 5) is 22.5.